The van der Waals surface area contributed by atoms with Gasteiger partial charge in [0.2, 0.25) is 0 Å². The van der Waals surface area contributed by atoms with Crippen LogP contribution in [0.15, 0.2) is 256 Å². The van der Waals surface area contributed by atoms with Gasteiger partial charge in [-0.15, -0.1) is 0 Å². The van der Waals surface area contributed by atoms with Crippen LogP contribution in [0, 0.1) is 0 Å². The first-order valence-electron chi connectivity index (χ1n) is 25.1. The Balaban J connectivity index is 1.05. The third-order valence-electron chi connectivity index (χ3n) is 13.5. The highest BCUT2D eigenvalue weighted by molar-refractivity contribution is 6.10. The van der Waals surface area contributed by atoms with Gasteiger partial charge in [-0.05, 0) is 84.9 Å². The summed E-state index contributed by atoms with van der Waals surface area (Å²) in [5, 5.41) is 2.13. The van der Waals surface area contributed by atoms with E-state index in [1.54, 1.807) is 31.6 Å². The van der Waals surface area contributed by atoms with Crippen molar-refractivity contribution in [1.29, 1.82) is 0 Å². The molecule has 370 valence electrons. The lowest BCUT2D eigenvalue weighted by atomic mass is 10.1. The Labute approximate surface area is 447 Å². The third-order valence-corrected chi connectivity index (χ3v) is 13.5. The molecule has 0 amide bonds. The number of para-hydroxylation sites is 6. The average molecular weight is 1010 g/mol. The maximum atomic E-state index is 5.06. The van der Waals surface area contributed by atoms with Gasteiger partial charge in [-0.2, -0.15) is 0 Å². The molecule has 6 aromatic heterocycles. The normalized spacial score (nSPS) is 12.5. The van der Waals surface area contributed by atoms with E-state index in [9.17, 15) is 0 Å². The van der Waals surface area contributed by atoms with Crippen molar-refractivity contribution in [1.82, 2.24) is 54.4 Å². The summed E-state index contributed by atoms with van der Waals surface area (Å²) in [6.45, 7) is 0. The molecule has 1 aliphatic rings. The Bertz CT molecular complexity index is 4070. The number of rotatable bonds is 6. The molecule has 0 saturated carbocycles. The summed E-state index contributed by atoms with van der Waals surface area (Å²) in [4.78, 5) is 59.7. The van der Waals surface area contributed by atoms with Crippen molar-refractivity contribution in [2.75, 3.05) is 24.5 Å². The molecule has 0 N–H and O–H groups in total. The van der Waals surface area contributed by atoms with Gasteiger partial charge in [0.15, 0.2) is 0 Å². The van der Waals surface area contributed by atoms with E-state index < -0.39 is 0 Å². The average Bonchev–Trinajstić information content (AvgIpc) is 4.05. The van der Waals surface area contributed by atoms with E-state index in [0.717, 1.165) is 55.9 Å². The molecule has 10 bridgehead atoms. The molecule has 16 heteroatoms. The van der Waals surface area contributed by atoms with Crippen LogP contribution in [-0.2, 0) is 0 Å². The van der Waals surface area contributed by atoms with Crippen LogP contribution in [0.3, 0.4) is 0 Å². The minimum Gasteiger partial charge on any atom is -0.309 e. The molecule has 0 atom stereocenters. The summed E-state index contributed by atoms with van der Waals surface area (Å²) in [5.74, 6) is 5.31. The van der Waals surface area contributed by atoms with Crippen molar-refractivity contribution in [2.45, 2.75) is 0 Å². The van der Waals surface area contributed by atoms with Gasteiger partial charge >= 0.3 is 0 Å². The second-order valence-corrected chi connectivity index (χ2v) is 18.1. The molecule has 0 spiro atoms. The number of benzene rings is 7. The molecule has 14 rings (SSSR count). The zero-order valence-electron chi connectivity index (χ0n) is 41.4. The van der Waals surface area contributed by atoms with Gasteiger partial charge in [0, 0.05) is 75.2 Å². The fraction of sp³-hybridized carbons (Fsp3) is 0. The Hall–Kier alpha value is -11.3. The van der Waals surface area contributed by atoms with E-state index in [0.29, 0.717) is 58.2 Å². The van der Waals surface area contributed by atoms with Gasteiger partial charge in [-0.1, -0.05) is 109 Å². The number of hydrogen-bond donors (Lipinski definition) is 0. The zero-order valence-corrected chi connectivity index (χ0v) is 41.4. The number of fused-ring (bicyclic) bond motifs is 13. The topological polar surface area (TPSA) is 150 Å². The predicted octanol–water partition coefficient (Wildman–Crippen LogP) is 14.4. The van der Waals surface area contributed by atoms with Gasteiger partial charge in [0.25, 0.3) is 0 Å². The maximum Gasteiger partial charge on any atom is 0.144 e. The Morgan fingerprint density at radius 2 is 0.449 bits per heavy atom. The summed E-state index contributed by atoms with van der Waals surface area (Å²) in [6, 6.07) is 75.0. The first-order valence-corrected chi connectivity index (χ1v) is 25.1. The smallest absolute Gasteiger partial charge is 0.144 e. The number of nitrogens with zero attached hydrogens (tertiary/aromatic N) is 16. The lowest BCUT2D eigenvalue weighted by Gasteiger charge is -2.29. The summed E-state index contributed by atoms with van der Waals surface area (Å²) in [5.41, 5.74) is 7.18. The molecule has 0 fully saturated rings. The van der Waals surface area contributed by atoms with E-state index in [2.05, 4.69) is 71.3 Å². The van der Waals surface area contributed by atoms with Crippen molar-refractivity contribution in [3.8, 4) is 5.69 Å². The van der Waals surface area contributed by atoms with Crippen LogP contribution in [0.5, 0.6) is 0 Å². The summed E-state index contributed by atoms with van der Waals surface area (Å²) < 4.78 is 2.30. The molecule has 7 aromatic carbocycles. The fourth-order valence-electron chi connectivity index (χ4n) is 10.1. The first-order chi connectivity index (χ1) is 38.7. The van der Waals surface area contributed by atoms with Crippen molar-refractivity contribution in [2.24, 2.45) is 0 Å². The van der Waals surface area contributed by atoms with Gasteiger partial charge < -0.3 is 4.57 Å². The summed E-state index contributed by atoms with van der Waals surface area (Å²) in [7, 11) is 0. The first kappa shape index (κ1) is 45.4. The Kier molecular flexibility index (Phi) is 11.4. The van der Waals surface area contributed by atoms with Crippen LogP contribution in [0.1, 0.15) is 0 Å². The molecule has 13 aromatic rings. The lowest BCUT2D eigenvalue weighted by Crippen LogP contribution is -2.20. The molecular weight excluding hydrogens is 969 g/mol. The second-order valence-electron chi connectivity index (χ2n) is 18.1. The Morgan fingerprint density at radius 1 is 0.192 bits per heavy atom. The van der Waals surface area contributed by atoms with E-state index in [-0.39, 0.29) is 0 Å². The van der Waals surface area contributed by atoms with Gasteiger partial charge in [-0.25, -0.2) is 49.8 Å². The number of hydrogen-bond acceptors (Lipinski definition) is 15. The molecule has 0 unspecified atom stereocenters. The molecular formula is C62H42N16. The highest BCUT2D eigenvalue weighted by Gasteiger charge is 2.28. The molecule has 78 heavy (non-hydrogen) atoms. The van der Waals surface area contributed by atoms with Crippen LogP contribution >= 0.6 is 0 Å². The van der Waals surface area contributed by atoms with Gasteiger partial charge in [0.1, 0.15) is 89.8 Å². The minimum absolute atomic E-state index is 0.522. The summed E-state index contributed by atoms with van der Waals surface area (Å²) >= 11 is 0. The van der Waals surface area contributed by atoms with E-state index in [4.69, 9.17) is 49.8 Å². The molecule has 7 heterocycles. The Morgan fingerprint density at radius 3 is 0.769 bits per heavy atom. The van der Waals surface area contributed by atoms with Gasteiger partial charge in [-0.3, -0.25) is 24.5 Å². The van der Waals surface area contributed by atoms with Crippen molar-refractivity contribution in [3.63, 3.8) is 0 Å². The highest BCUT2D eigenvalue weighted by atomic mass is 15.3. The quantitative estimate of drug-likeness (QED) is 0.155. The SMILES string of the molecule is c1ccc(N2c3cc(ncn3)N(c3ccccc3)c3cc(ncn3)N(c3ccccc3)c3cc(ncn3)N(c3ccc4c(c3)c3ccccc3n4-c3ccccc3)c3cc(ncn3)N(c3ccccc3)c3cc2ncn3)cc1. The van der Waals surface area contributed by atoms with Crippen molar-refractivity contribution >= 4 is 108 Å². The van der Waals surface area contributed by atoms with Crippen LogP contribution in [-0.4, -0.2) is 54.4 Å². The zero-order chi connectivity index (χ0) is 51.8. The number of anilines is 15. The van der Waals surface area contributed by atoms with Crippen LogP contribution in [0.25, 0.3) is 27.5 Å². The third kappa shape index (κ3) is 8.23. The van der Waals surface area contributed by atoms with Crippen molar-refractivity contribution in [3.05, 3.63) is 256 Å². The second kappa shape index (κ2) is 19.5. The van der Waals surface area contributed by atoms with E-state index in [1.165, 1.54) is 0 Å². The van der Waals surface area contributed by atoms with Crippen LogP contribution < -0.4 is 24.5 Å². The van der Waals surface area contributed by atoms with E-state index >= 15 is 0 Å². The van der Waals surface area contributed by atoms with Crippen LogP contribution in [0.4, 0.5) is 86.6 Å². The largest absolute Gasteiger partial charge is 0.309 e. The summed E-state index contributed by atoms with van der Waals surface area (Å²) in [6.07, 6.45) is 7.80. The highest BCUT2D eigenvalue weighted by Crippen LogP contribution is 2.45. The van der Waals surface area contributed by atoms with Crippen LogP contribution in [0.2, 0.25) is 0 Å². The molecule has 16 nitrogen and oxygen atoms in total. The lowest BCUT2D eigenvalue weighted by molar-refractivity contribution is 1.01. The standard InChI is InChI=1S/C62H42N16/c1-6-18-43(19-7-1)73-51-29-17-16-28-49(51)50-32-48(30-31-52(50)73)78-61-36-59(69-41-71-61)76(46-24-12-4-13-25-46)57-34-55(65-39-67-57)74(44-20-8-2-9-21-44)53-33-54(64-38-63-53)75(45-22-10-3-11-23-45)56-35-58(68-40-66-56)77(47-26-14-5-15-27-47)60-37-62(78)72-42-70-60/h1-42H. The molecule has 0 radical (unpaired) electrons. The molecule has 0 saturated heterocycles. The van der Waals surface area contributed by atoms with Gasteiger partial charge in [0.05, 0.1) is 11.0 Å². The maximum absolute atomic E-state index is 5.06. The van der Waals surface area contributed by atoms with E-state index in [1.807, 2.05) is 182 Å². The van der Waals surface area contributed by atoms with Crippen molar-refractivity contribution < 1.29 is 0 Å². The number of aromatic nitrogens is 11. The molecule has 0 aliphatic carbocycles. The minimum atomic E-state index is 0.522. The fourth-order valence-corrected chi connectivity index (χ4v) is 10.1. The monoisotopic (exact) mass is 1010 g/mol. The molecule has 1 aliphatic heterocycles. The predicted molar refractivity (Wildman–Crippen MR) is 306 cm³/mol.